The average molecular weight is 323 g/mol. The Kier molecular flexibility index (Phi) is 5.86. The largest absolute Gasteiger partial charge is 0.488 e. The predicted molar refractivity (Wildman–Crippen MR) is 86.0 cm³/mol. The molecule has 1 unspecified atom stereocenters. The van der Waals surface area contributed by atoms with Crippen molar-refractivity contribution in [2.24, 2.45) is 5.92 Å². The number of para-hydroxylation sites is 1. The van der Waals surface area contributed by atoms with Crippen LogP contribution in [-0.4, -0.2) is 55.1 Å². The molecular weight excluding hydrogens is 297 g/mol. The SMILES string of the molecule is OC(COc1ccccc1F)CN1CCC(OCC2CC2)CC1. The van der Waals surface area contributed by atoms with E-state index in [1.54, 1.807) is 18.2 Å². The molecular formula is C18H26FNO3. The number of β-amino-alcohol motifs (C(OH)–C–C–N with tert-alkyl or cyclic N) is 1. The van der Waals surface area contributed by atoms with Gasteiger partial charge in [-0.2, -0.15) is 0 Å². The lowest BCUT2D eigenvalue weighted by Crippen LogP contribution is -2.42. The van der Waals surface area contributed by atoms with E-state index in [2.05, 4.69) is 4.90 Å². The lowest BCUT2D eigenvalue weighted by molar-refractivity contribution is -0.0105. The maximum absolute atomic E-state index is 13.4. The highest BCUT2D eigenvalue weighted by atomic mass is 19.1. The van der Waals surface area contributed by atoms with Gasteiger partial charge in [0.05, 0.1) is 6.10 Å². The number of nitrogens with zero attached hydrogens (tertiary/aromatic N) is 1. The van der Waals surface area contributed by atoms with E-state index >= 15 is 0 Å². The first kappa shape index (κ1) is 16.7. The maximum Gasteiger partial charge on any atom is 0.165 e. The van der Waals surface area contributed by atoms with Gasteiger partial charge in [-0.3, -0.25) is 0 Å². The van der Waals surface area contributed by atoms with Gasteiger partial charge in [0, 0.05) is 26.2 Å². The smallest absolute Gasteiger partial charge is 0.165 e. The number of hydrogen-bond donors (Lipinski definition) is 1. The van der Waals surface area contributed by atoms with Crippen LogP contribution in [0, 0.1) is 11.7 Å². The van der Waals surface area contributed by atoms with E-state index in [1.165, 1.54) is 18.9 Å². The number of rotatable bonds is 8. The summed E-state index contributed by atoms with van der Waals surface area (Å²) < 4.78 is 24.7. The Morgan fingerprint density at radius 2 is 1.91 bits per heavy atom. The Balaban J connectivity index is 1.32. The van der Waals surface area contributed by atoms with Crippen molar-refractivity contribution >= 4 is 0 Å². The molecule has 0 spiro atoms. The van der Waals surface area contributed by atoms with E-state index in [-0.39, 0.29) is 12.4 Å². The maximum atomic E-state index is 13.4. The minimum absolute atomic E-state index is 0.110. The number of aliphatic hydroxyl groups excluding tert-OH is 1. The van der Waals surface area contributed by atoms with Crippen LogP contribution in [0.25, 0.3) is 0 Å². The molecule has 3 rings (SSSR count). The van der Waals surface area contributed by atoms with Crippen molar-refractivity contribution in [2.75, 3.05) is 32.8 Å². The Hall–Kier alpha value is -1.17. The molecule has 2 fully saturated rings. The Morgan fingerprint density at radius 1 is 1.17 bits per heavy atom. The summed E-state index contributed by atoms with van der Waals surface area (Å²) in [5, 5.41) is 10.1. The predicted octanol–water partition coefficient (Wildman–Crippen LogP) is 2.46. The number of hydrogen-bond acceptors (Lipinski definition) is 4. The van der Waals surface area contributed by atoms with Crippen LogP contribution >= 0.6 is 0 Å². The van der Waals surface area contributed by atoms with Gasteiger partial charge in [0.25, 0.3) is 0 Å². The van der Waals surface area contributed by atoms with Crippen molar-refractivity contribution in [1.29, 1.82) is 0 Å². The lowest BCUT2D eigenvalue weighted by atomic mass is 10.1. The van der Waals surface area contributed by atoms with Gasteiger partial charge >= 0.3 is 0 Å². The quantitative estimate of drug-likeness (QED) is 0.798. The summed E-state index contributed by atoms with van der Waals surface area (Å²) in [4.78, 5) is 2.23. The second-order valence-corrected chi connectivity index (χ2v) is 6.67. The molecule has 1 saturated heterocycles. The summed E-state index contributed by atoms with van der Waals surface area (Å²) in [5.74, 6) is 0.609. The highest BCUT2D eigenvalue weighted by molar-refractivity contribution is 5.23. The molecule has 1 saturated carbocycles. The molecule has 1 aromatic carbocycles. The van der Waals surface area contributed by atoms with E-state index in [0.29, 0.717) is 12.6 Å². The summed E-state index contributed by atoms with van der Waals surface area (Å²) >= 11 is 0. The van der Waals surface area contributed by atoms with Gasteiger partial charge in [-0.15, -0.1) is 0 Å². The molecule has 5 heteroatoms. The molecule has 1 N–H and O–H groups in total. The zero-order valence-corrected chi connectivity index (χ0v) is 13.5. The van der Waals surface area contributed by atoms with Crippen LogP contribution in [0.3, 0.4) is 0 Å². The number of halogens is 1. The minimum atomic E-state index is -0.612. The van der Waals surface area contributed by atoms with Gasteiger partial charge in [0.2, 0.25) is 0 Å². The van der Waals surface area contributed by atoms with Crippen molar-refractivity contribution < 1.29 is 19.0 Å². The summed E-state index contributed by atoms with van der Waals surface area (Å²) in [5.41, 5.74) is 0. The van der Waals surface area contributed by atoms with Gasteiger partial charge < -0.3 is 19.5 Å². The highest BCUT2D eigenvalue weighted by Gasteiger charge is 2.26. The van der Waals surface area contributed by atoms with Crippen molar-refractivity contribution in [3.05, 3.63) is 30.1 Å². The molecule has 0 bridgehead atoms. The Morgan fingerprint density at radius 3 is 2.61 bits per heavy atom. The lowest BCUT2D eigenvalue weighted by Gasteiger charge is -2.33. The molecule has 23 heavy (non-hydrogen) atoms. The fourth-order valence-electron chi connectivity index (χ4n) is 2.91. The summed E-state index contributed by atoms with van der Waals surface area (Å²) in [6.45, 7) is 3.46. The van der Waals surface area contributed by atoms with Gasteiger partial charge in [-0.25, -0.2) is 4.39 Å². The second kappa shape index (κ2) is 8.08. The average Bonchev–Trinajstić information content (AvgIpc) is 3.38. The van der Waals surface area contributed by atoms with E-state index in [4.69, 9.17) is 9.47 Å². The molecule has 0 radical (unpaired) electrons. The van der Waals surface area contributed by atoms with Gasteiger partial charge in [-0.1, -0.05) is 12.1 Å². The van der Waals surface area contributed by atoms with E-state index < -0.39 is 11.9 Å². The highest BCUT2D eigenvalue weighted by Crippen LogP contribution is 2.30. The third-order valence-electron chi connectivity index (χ3n) is 4.54. The number of aliphatic hydroxyl groups is 1. The fourth-order valence-corrected chi connectivity index (χ4v) is 2.91. The molecule has 128 valence electrons. The van der Waals surface area contributed by atoms with Crippen LogP contribution < -0.4 is 4.74 Å². The van der Waals surface area contributed by atoms with E-state index in [1.807, 2.05) is 0 Å². The Bertz CT molecular complexity index is 487. The van der Waals surface area contributed by atoms with Crippen LogP contribution in [-0.2, 0) is 4.74 Å². The number of likely N-dealkylation sites (tertiary alicyclic amines) is 1. The first-order chi connectivity index (χ1) is 11.2. The minimum Gasteiger partial charge on any atom is -0.488 e. The first-order valence-corrected chi connectivity index (χ1v) is 8.60. The molecule has 0 aromatic heterocycles. The second-order valence-electron chi connectivity index (χ2n) is 6.67. The number of ether oxygens (including phenoxy) is 2. The van der Waals surface area contributed by atoms with Crippen molar-refractivity contribution in [1.82, 2.24) is 4.90 Å². The number of benzene rings is 1. The van der Waals surface area contributed by atoms with Crippen molar-refractivity contribution in [2.45, 2.75) is 37.9 Å². The molecule has 1 atom stereocenters. The zero-order chi connectivity index (χ0) is 16.1. The molecule has 1 aliphatic carbocycles. The van der Waals surface area contributed by atoms with Gasteiger partial charge in [-0.05, 0) is 43.7 Å². The van der Waals surface area contributed by atoms with Crippen LogP contribution in [0.5, 0.6) is 5.75 Å². The zero-order valence-electron chi connectivity index (χ0n) is 13.5. The van der Waals surface area contributed by atoms with Crippen molar-refractivity contribution in [3.8, 4) is 5.75 Å². The first-order valence-electron chi connectivity index (χ1n) is 8.60. The van der Waals surface area contributed by atoms with Crippen LogP contribution in [0.4, 0.5) is 4.39 Å². The normalized spacial score (nSPS) is 21.3. The third kappa shape index (κ3) is 5.44. The molecule has 1 aromatic rings. The standard InChI is InChI=1S/C18H26FNO3/c19-17-3-1-2-4-18(17)23-13-15(21)11-20-9-7-16(8-10-20)22-12-14-5-6-14/h1-4,14-16,21H,5-13H2. The third-order valence-corrected chi connectivity index (χ3v) is 4.54. The van der Waals surface area contributed by atoms with Gasteiger partial charge in [0.15, 0.2) is 11.6 Å². The van der Waals surface area contributed by atoms with Crippen LogP contribution in [0.2, 0.25) is 0 Å². The van der Waals surface area contributed by atoms with Crippen LogP contribution in [0.15, 0.2) is 24.3 Å². The molecule has 2 aliphatic rings. The number of piperidine rings is 1. The van der Waals surface area contributed by atoms with Gasteiger partial charge in [0.1, 0.15) is 12.7 Å². The topological polar surface area (TPSA) is 41.9 Å². The summed E-state index contributed by atoms with van der Waals surface area (Å²) in [7, 11) is 0. The van der Waals surface area contributed by atoms with E-state index in [9.17, 15) is 9.50 Å². The van der Waals surface area contributed by atoms with E-state index in [0.717, 1.165) is 38.5 Å². The molecule has 0 amide bonds. The monoisotopic (exact) mass is 323 g/mol. The molecule has 1 aliphatic heterocycles. The molecule has 4 nitrogen and oxygen atoms in total. The van der Waals surface area contributed by atoms with Crippen LogP contribution in [0.1, 0.15) is 25.7 Å². The fraction of sp³-hybridized carbons (Fsp3) is 0.667. The molecule has 1 heterocycles. The summed E-state index contributed by atoms with van der Waals surface area (Å²) in [6, 6.07) is 6.27. The Labute approximate surface area is 137 Å². The summed E-state index contributed by atoms with van der Waals surface area (Å²) in [6.07, 6.45) is 4.46. The van der Waals surface area contributed by atoms with Crippen molar-refractivity contribution in [3.63, 3.8) is 0 Å².